The number of methoxy groups -OCH3 is 1. The summed E-state index contributed by atoms with van der Waals surface area (Å²) in [5.74, 6) is 1.95. The molecule has 0 atom stereocenters. The van der Waals surface area contributed by atoms with E-state index in [0.29, 0.717) is 11.8 Å². The zero-order valence-corrected chi connectivity index (χ0v) is 15.0. The second kappa shape index (κ2) is 7.31. The summed E-state index contributed by atoms with van der Waals surface area (Å²) in [4.78, 5) is 8.77. The largest absolute Gasteiger partial charge is 0.495 e. The molecule has 6 heteroatoms. The van der Waals surface area contributed by atoms with Gasteiger partial charge in [0.15, 0.2) is 0 Å². The molecule has 3 aromatic rings. The molecule has 1 aromatic heterocycles. The van der Waals surface area contributed by atoms with Gasteiger partial charge in [-0.15, -0.1) is 0 Å². The molecule has 2 N–H and O–H groups in total. The lowest BCUT2D eigenvalue weighted by atomic mass is 10.2. The zero-order chi connectivity index (χ0) is 16.9. The van der Waals surface area contributed by atoms with Crippen molar-refractivity contribution < 1.29 is 4.74 Å². The summed E-state index contributed by atoms with van der Waals surface area (Å²) in [7, 11) is 1.64. The lowest BCUT2D eigenvalue weighted by Gasteiger charge is -2.12. The number of nitrogens with zero attached hydrogens (tertiary/aromatic N) is 2. The molecule has 0 unspecified atom stereocenters. The van der Waals surface area contributed by atoms with E-state index in [4.69, 9.17) is 4.74 Å². The molecule has 1 heterocycles. The second-order valence-electron chi connectivity index (χ2n) is 5.23. The molecule has 24 heavy (non-hydrogen) atoms. The minimum absolute atomic E-state index is 0.499. The normalized spacial score (nSPS) is 10.3. The Hall–Kier alpha value is -2.60. The van der Waals surface area contributed by atoms with Crippen LogP contribution < -0.4 is 15.4 Å². The third kappa shape index (κ3) is 4.02. The van der Waals surface area contributed by atoms with Crippen LogP contribution >= 0.6 is 15.9 Å². The fourth-order valence-corrected chi connectivity index (χ4v) is 2.64. The van der Waals surface area contributed by atoms with Gasteiger partial charge in [-0.05, 0) is 48.9 Å². The van der Waals surface area contributed by atoms with Crippen LogP contribution in [0.15, 0.2) is 59.2 Å². The Morgan fingerprint density at radius 2 is 1.92 bits per heavy atom. The van der Waals surface area contributed by atoms with Gasteiger partial charge in [0.25, 0.3) is 0 Å². The lowest BCUT2D eigenvalue weighted by Crippen LogP contribution is -2.02. The van der Waals surface area contributed by atoms with Crippen LogP contribution in [0.2, 0.25) is 0 Å². The molecule has 0 fully saturated rings. The van der Waals surface area contributed by atoms with Gasteiger partial charge in [0.1, 0.15) is 11.6 Å². The van der Waals surface area contributed by atoms with E-state index in [2.05, 4.69) is 36.5 Å². The van der Waals surface area contributed by atoms with Crippen LogP contribution in [0.1, 0.15) is 5.56 Å². The molecule has 0 aliphatic heterocycles. The molecule has 0 bridgehead atoms. The summed E-state index contributed by atoms with van der Waals surface area (Å²) >= 11 is 3.46. The topological polar surface area (TPSA) is 59.1 Å². The Kier molecular flexibility index (Phi) is 4.96. The quantitative estimate of drug-likeness (QED) is 0.644. The first-order chi connectivity index (χ1) is 11.6. The third-order valence-corrected chi connectivity index (χ3v) is 3.85. The highest BCUT2D eigenvalue weighted by Gasteiger charge is 2.06. The molecule has 0 saturated carbocycles. The van der Waals surface area contributed by atoms with Crippen molar-refractivity contribution >= 4 is 39.1 Å². The number of hydrogen-bond acceptors (Lipinski definition) is 5. The van der Waals surface area contributed by atoms with Crippen molar-refractivity contribution in [2.75, 3.05) is 17.7 Å². The summed E-state index contributed by atoms with van der Waals surface area (Å²) in [6, 6.07) is 15.6. The predicted octanol–water partition coefficient (Wildman–Crippen LogP) is 5.04. The lowest BCUT2D eigenvalue weighted by molar-refractivity contribution is 0.416. The van der Waals surface area contributed by atoms with Crippen LogP contribution in [-0.4, -0.2) is 17.1 Å². The highest BCUT2D eigenvalue weighted by molar-refractivity contribution is 9.10. The van der Waals surface area contributed by atoms with Crippen molar-refractivity contribution in [2.24, 2.45) is 0 Å². The Labute approximate surface area is 149 Å². The number of rotatable bonds is 5. The predicted molar refractivity (Wildman–Crippen MR) is 100 cm³/mol. The van der Waals surface area contributed by atoms with Gasteiger partial charge in [0, 0.05) is 16.4 Å². The molecular weight excluding hydrogens is 368 g/mol. The van der Waals surface area contributed by atoms with Crippen molar-refractivity contribution in [3.63, 3.8) is 0 Å². The fourth-order valence-electron chi connectivity index (χ4n) is 2.24. The average Bonchev–Trinajstić information content (AvgIpc) is 2.55. The van der Waals surface area contributed by atoms with Crippen molar-refractivity contribution in [2.45, 2.75) is 6.92 Å². The molecule has 0 aliphatic carbocycles. The maximum atomic E-state index is 5.37. The Balaban J connectivity index is 1.82. The van der Waals surface area contributed by atoms with Crippen molar-refractivity contribution in [3.8, 4) is 5.75 Å². The van der Waals surface area contributed by atoms with Crippen LogP contribution in [0.25, 0.3) is 0 Å². The number of ether oxygens (including phenoxy) is 1. The van der Waals surface area contributed by atoms with E-state index in [1.54, 1.807) is 13.3 Å². The van der Waals surface area contributed by atoms with Crippen molar-refractivity contribution in [1.29, 1.82) is 0 Å². The molecule has 0 aliphatic rings. The Bertz CT molecular complexity index is 854. The molecule has 2 aromatic carbocycles. The van der Waals surface area contributed by atoms with Gasteiger partial charge in [-0.2, -0.15) is 4.98 Å². The summed E-state index contributed by atoms with van der Waals surface area (Å²) in [6.07, 6.45) is 1.71. The molecule has 3 rings (SSSR count). The van der Waals surface area contributed by atoms with Gasteiger partial charge < -0.3 is 15.4 Å². The molecule has 0 amide bonds. The number of aromatic nitrogens is 2. The molecule has 5 nitrogen and oxygen atoms in total. The summed E-state index contributed by atoms with van der Waals surface area (Å²) in [5.41, 5.74) is 2.90. The number of benzene rings is 2. The first kappa shape index (κ1) is 16.3. The summed E-state index contributed by atoms with van der Waals surface area (Å²) in [5, 5.41) is 6.46. The maximum absolute atomic E-state index is 5.37. The van der Waals surface area contributed by atoms with Crippen LogP contribution in [0.4, 0.5) is 23.1 Å². The molecule has 0 spiro atoms. The van der Waals surface area contributed by atoms with Gasteiger partial charge in [-0.1, -0.05) is 28.1 Å². The first-order valence-corrected chi connectivity index (χ1v) is 8.20. The maximum Gasteiger partial charge on any atom is 0.229 e. The van der Waals surface area contributed by atoms with E-state index in [1.165, 1.54) is 0 Å². The van der Waals surface area contributed by atoms with Crippen molar-refractivity contribution in [3.05, 3.63) is 64.8 Å². The minimum atomic E-state index is 0.499. The van der Waals surface area contributed by atoms with Gasteiger partial charge >= 0.3 is 0 Å². The Morgan fingerprint density at radius 3 is 2.71 bits per heavy atom. The molecule has 0 saturated heterocycles. The van der Waals surface area contributed by atoms with Gasteiger partial charge in [-0.3, -0.25) is 0 Å². The minimum Gasteiger partial charge on any atom is -0.495 e. The van der Waals surface area contributed by atoms with Gasteiger partial charge in [0.05, 0.1) is 12.8 Å². The third-order valence-electron chi connectivity index (χ3n) is 3.35. The van der Waals surface area contributed by atoms with Gasteiger partial charge in [0.2, 0.25) is 5.95 Å². The van der Waals surface area contributed by atoms with Crippen LogP contribution in [0.3, 0.4) is 0 Å². The van der Waals surface area contributed by atoms with E-state index >= 15 is 0 Å². The molecule has 0 radical (unpaired) electrons. The van der Waals surface area contributed by atoms with Gasteiger partial charge in [-0.25, -0.2) is 4.98 Å². The standard InChI is InChI=1S/C18H17BrN4O/c1-12-6-7-16(24-2)15(10-12)22-18-20-9-8-17(23-18)21-14-5-3-4-13(19)11-14/h3-11H,1-2H3,(H2,20,21,22,23). The molecular formula is C18H17BrN4O. The van der Waals surface area contributed by atoms with E-state index in [1.807, 2.05) is 55.5 Å². The van der Waals surface area contributed by atoms with E-state index < -0.39 is 0 Å². The number of halogens is 1. The van der Waals surface area contributed by atoms with Crippen LogP contribution in [0.5, 0.6) is 5.75 Å². The molecule has 122 valence electrons. The smallest absolute Gasteiger partial charge is 0.229 e. The van der Waals surface area contributed by atoms with Crippen LogP contribution in [-0.2, 0) is 0 Å². The fraction of sp³-hybridized carbons (Fsp3) is 0.111. The number of hydrogen-bond donors (Lipinski definition) is 2. The highest BCUT2D eigenvalue weighted by Crippen LogP contribution is 2.28. The zero-order valence-electron chi connectivity index (χ0n) is 13.4. The van der Waals surface area contributed by atoms with E-state index in [-0.39, 0.29) is 0 Å². The van der Waals surface area contributed by atoms with E-state index in [0.717, 1.165) is 27.2 Å². The second-order valence-corrected chi connectivity index (χ2v) is 6.15. The number of nitrogens with one attached hydrogen (secondary N) is 2. The average molecular weight is 385 g/mol. The SMILES string of the molecule is COc1ccc(C)cc1Nc1nccc(Nc2cccc(Br)c2)n1. The summed E-state index contributed by atoms with van der Waals surface area (Å²) < 4.78 is 6.38. The Morgan fingerprint density at radius 1 is 1.04 bits per heavy atom. The summed E-state index contributed by atoms with van der Waals surface area (Å²) in [6.45, 7) is 2.02. The number of aryl methyl sites for hydroxylation is 1. The number of anilines is 4. The van der Waals surface area contributed by atoms with E-state index in [9.17, 15) is 0 Å². The monoisotopic (exact) mass is 384 g/mol. The van der Waals surface area contributed by atoms with Crippen molar-refractivity contribution in [1.82, 2.24) is 9.97 Å². The highest BCUT2D eigenvalue weighted by atomic mass is 79.9. The van der Waals surface area contributed by atoms with Crippen LogP contribution in [0, 0.1) is 6.92 Å². The first-order valence-electron chi connectivity index (χ1n) is 7.41.